The van der Waals surface area contributed by atoms with E-state index in [1.54, 1.807) is 0 Å². The van der Waals surface area contributed by atoms with E-state index in [0.29, 0.717) is 12.1 Å². The molecule has 1 rings (SSSR count). The van der Waals surface area contributed by atoms with Gasteiger partial charge in [0.25, 0.3) is 5.91 Å². The number of carbonyl (C=O) groups is 2. The van der Waals surface area contributed by atoms with E-state index in [9.17, 15) is 22.8 Å². The Kier molecular flexibility index (Phi) is 7.62. The zero-order valence-electron chi connectivity index (χ0n) is 16.4. The first kappa shape index (κ1) is 23.2. The first-order valence-corrected chi connectivity index (χ1v) is 11.4. The minimum atomic E-state index is -2.07. The molecule has 1 aromatic carbocycles. The van der Waals surface area contributed by atoms with E-state index in [1.807, 2.05) is 13.1 Å². The van der Waals surface area contributed by atoms with E-state index in [4.69, 9.17) is 4.43 Å². The van der Waals surface area contributed by atoms with Crippen LogP contribution >= 0.6 is 0 Å². The number of halogens is 3. The maximum atomic E-state index is 13.8. The van der Waals surface area contributed by atoms with Gasteiger partial charge in [-0.25, -0.2) is 18.0 Å². The van der Waals surface area contributed by atoms with Gasteiger partial charge in [0.2, 0.25) is 0 Å². The van der Waals surface area contributed by atoms with Crippen LogP contribution in [0.1, 0.15) is 37.6 Å². The Labute approximate surface area is 158 Å². The van der Waals surface area contributed by atoms with Crippen molar-refractivity contribution in [2.45, 2.75) is 51.4 Å². The normalized spacial score (nSPS) is 13.2. The van der Waals surface area contributed by atoms with E-state index in [1.165, 1.54) is 0 Å². The Hall–Kier alpha value is -1.87. The third-order valence-corrected chi connectivity index (χ3v) is 9.24. The number of hydrogen-bond acceptors (Lipinski definition) is 4. The summed E-state index contributed by atoms with van der Waals surface area (Å²) < 4.78 is 51.1. The van der Waals surface area contributed by atoms with Crippen LogP contribution in [0.25, 0.3) is 0 Å². The van der Waals surface area contributed by atoms with E-state index < -0.39 is 49.3 Å². The lowest BCUT2D eigenvalue weighted by Gasteiger charge is -2.36. The van der Waals surface area contributed by atoms with Crippen molar-refractivity contribution in [1.82, 2.24) is 5.32 Å². The van der Waals surface area contributed by atoms with Gasteiger partial charge in [0.1, 0.15) is 29.1 Å². The van der Waals surface area contributed by atoms with E-state index >= 15 is 0 Å². The fourth-order valence-electron chi connectivity index (χ4n) is 2.03. The Bertz CT molecular complexity index is 681. The molecule has 0 saturated heterocycles. The maximum Gasteiger partial charge on any atom is 0.328 e. The quantitative estimate of drug-likeness (QED) is 0.554. The second-order valence-corrected chi connectivity index (χ2v) is 12.5. The van der Waals surface area contributed by atoms with Gasteiger partial charge in [-0.2, -0.15) is 0 Å². The Morgan fingerprint density at radius 2 is 1.67 bits per heavy atom. The Balaban J connectivity index is 2.88. The number of benzene rings is 1. The molecule has 0 unspecified atom stereocenters. The van der Waals surface area contributed by atoms with Crippen molar-refractivity contribution in [3.63, 3.8) is 0 Å². The molecule has 1 aromatic rings. The molecule has 0 saturated carbocycles. The van der Waals surface area contributed by atoms with E-state index in [0.717, 1.165) is 7.11 Å². The molecular formula is C18H26F3NO4Si. The van der Waals surface area contributed by atoms with Crippen LogP contribution in [0.2, 0.25) is 18.1 Å². The lowest BCUT2D eigenvalue weighted by Crippen LogP contribution is -2.45. The molecule has 0 aliphatic heterocycles. The van der Waals surface area contributed by atoms with Crippen molar-refractivity contribution >= 4 is 20.2 Å². The van der Waals surface area contributed by atoms with Crippen LogP contribution in [0.3, 0.4) is 0 Å². The monoisotopic (exact) mass is 405 g/mol. The summed E-state index contributed by atoms with van der Waals surface area (Å²) in [5.74, 6) is -5.80. The number of rotatable bonds is 7. The van der Waals surface area contributed by atoms with Gasteiger partial charge in [-0.05, 0) is 18.1 Å². The largest absolute Gasteiger partial charge is 0.467 e. The molecule has 1 N–H and O–H groups in total. The lowest BCUT2D eigenvalue weighted by atomic mass is 10.1. The first-order chi connectivity index (χ1) is 12.3. The number of ether oxygens (including phenoxy) is 1. The topological polar surface area (TPSA) is 64.6 Å². The molecule has 9 heteroatoms. The highest BCUT2D eigenvalue weighted by atomic mass is 28.4. The summed E-state index contributed by atoms with van der Waals surface area (Å²) in [5, 5.41) is 2.19. The van der Waals surface area contributed by atoms with Crippen LogP contribution in [0.5, 0.6) is 0 Å². The summed E-state index contributed by atoms with van der Waals surface area (Å²) in [4.78, 5) is 24.1. The van der Waals surface area contributed by atoms with Gasteiger partial charge in [-0.15, -0.1) is 0 Å². The zero-order valence-corrected chi connectivity index (χ0v) is 17.4. The van der Waals surface area contributed by atoms with Gasteiger partial charge < -0.3 is 14.5 Å². The minimum Gasteiger partial charge on any atom is -0.467 e. The summed E-state index contributed by atoms with van der Waals surface area (Å²) >= 11 is 0. The van der Waals surface area contributed by atoms with Gasteiger partial charge in [0.05, 0.1) is 7.11 Å². The predicted molar refractivity (Wildman–Crippen MR) is 97.4 cm³/mol. The molecule has 0 fully saturated rings. The van der Waals surface area contributed by atoms with Crippen LogP contribution < -0.4 is 5.32 Å². The lowest BCUT2D eigenvalue weighted by molar-refractivity contribution is -0.143. The highest BCUT2D eigenvalue weighted by molar-refractivity contribution is 6.74. The standard InChI is InChI=1S/C18H26F3NO4Si/c1-18(2,3)27(5,6)26-8-7-14(17(24)25-4)22-16(23)15-12(20)9-11(19)10-13(15)21/h9-10,14H,7-8H2,1-6H3,(H,22,23)/t14-/m0/s1. The summed E-state index contributed by atoms with van der Waals surface area (Å²) in [6.45, 7) is 10.4. The number of esters is 1. The molecular weight excluding hydrogens is 379 g/mol. The summed E-state index contributed by atoms with van der Waals surface area (Å²) in [7, 11) is -0.937. The zero-order chi connectivity index (χ0) is 21.0. The number of methoxy groups -OCH3 is 1. The van der Waals surface area contributed by atoms with E-state index in [2.05, 4.69) is 30.8 Å². The van der Waals surface area contributed by atoms with Gasteiger partial charge in [0, 0.05) is 25.2 Å². The Morgan fingerprint density at radius 3 is 2.11 bits per heavy atom. The molecule has 1 amide bonds. The average molecular weight is 405 g/mol. The van der Waals surface area contributed by atoms with Crippen LogP contribution in [-0.4, -0.2) is 40.0 Å². The minimum absolute atomic E-state index is 0.0443. The molecule has 1 atom stereocenters. The third kappa shape index (κ3) is 6.07. The van der Waals surface area contributed by atoms with Gasteiger partial charge in [-0.1, -0.05) is 20.8 Å². The number of carbonyl (C=O) groups excluding carboxylic acids is 2. The fourth-order valence-corrected chi connectivity index (χ4v) is 3.09. The van der Waals surface area contributed by atoms with Crippen LogP contribution in [0.4, 0.5) is 13.2 Å². The van der Waals surface area contributed by atoms with Crippen molar-refractivity contribution in [1.29, 1.82) is 0 Å². The molecule has 0 aliphatic rings. The van der Waals surface area contributed by atoms with E-state index in [-0.39, 0.29) is 18.1 Å². The molecule has 0 spiro atoms. The molecule has 5 nitrogen and oxygen atoms in total. The smallest absolute Gasteiger partial charge is 0.328 e. The van der Waals surface area contributed by atoms with Crippen molar-refractivity contribution in [2.75, 3.05) is 13.7 Å². The van der Waals surface area contributed by atoms with Crippen molar-refractivity contribution in [2.24, 2.45) is 0 Å². The van der Waals surface area contributed by atoms with Crippen LogP contribution in [0.15, 0.2) is 12.1 Å². The highest BCUT2D eigenvalue weighted by Crippen LogP contribution is 2.36. The summed E-state index contributed by atoms with van der Waals surface area (Å²) in [6.07, 6.45) is 0.0648. The van der Waals surface area contributed by atoms with Crippen molar-refractivity contribution in [3.8, 4) is 0 Å². The SMILES string of the molecule is COC(=O)[C@H](CCO[Si](C)(C)C(C)(C)C)NC(=O)c1c(F)cc(F)cc1F. The van der Waals surface area contributed by atoms with Gasteiger partial charge in [-0.3, -0.25) is 4.79 Å². The van der Waals surface area contributed by atoms with Crippen molar-refractivity contribution in [3.05, 3.63) is 35.1 Å². The first-order valence-electron chi connectivity index (χ1n) is 8.47. The Morgan fingerprint density at radius 1 is 1.15 bits per heavy atom. The van der Waals surface area contributed by atoms with Gasteiger partial charge in [0.15, 0.2) is 8.32 Å². The third-order valence-electron chi connectivity index (χ3n) is 4.70. The summed E-state index contributed by atoms with van der Waals surface area (Å²) in [5.41, 5.74) is -0.962. The second kappa shape index (κ2) is 8.88. The highest BCUT2D eigenvalue weighted by Gasteiger charge is 2.37. The predicted octanol–water partition coefficient (Wildman–Crippen LogP) is 3.79. The van der Waals surface area contributed by atoms with Gasteiger partial charge >= 0.3 is 5.97 Å². The molecule has 0 radical (unpaired) electrons. The average Bonchev–Trinajstić information content (AvgIpc) is 2.50. The molecule has 0 heterocycles. The molecule has 27 heavy (non-hydrogen) atoms. The molecule has 0 aromatic heterocycles. The van der Waals surface area contributed by atoms with Crippen LogP contribution in [-0.2, 0) is 14.0 Å². The van der Waals surface area contributed by atoms with Crippen molar-refractivity contribution < 1.29 is 31.9 Å². The van der Waals surface area contributed by atoms with Crippen LogP contribution in [0, 0.1) is 17.5 Å². The maximum absolute atomic E-state index is 13.8. The summed E-state index contributed by atoms with van der Waals surface area (Å²) in [6, 6.07) is -0.367. The molecule has 0 aliphatic carbocycles. The number of nitrogens with one attached hydrogen (secondary N) is 1. The number of hydrogen-bond donors (Lipinski definition) is 1. The molecule has 152 valence electrons. The fraction of sp³-hybridized carbons (Fsp3) is 0.556. The number of amides is 1. The molecule has 0 bridgehead atoms. The second-order valence-electron chi connectivity index (χ2n) is 7.69.